The lowest BCUT2D eigenvalue weighted by molar-refractivity contribution is -0.138. The van der Waals surface area contributed by atoms with Gasteiger partial charge in [-0.2, -0.15) is 0 Å². The molecule has 0 unspecified atom stereocenters. The summed E-state index contributed by atoms with van der Waals surface area (Å²) < 4.78 is 37.9. The van der Waals surface area contributed by atoms with E-state index in [1.165, 1.54) is 12.1 Å². The van der Waals surface area contributed by atoms with Crippen LogP contribution in [-0.4, -0.2) is 17.9 Å². The molecular weight excluding hydrogens is 270 g/mol. The SMILES string of the molecule is CC(F)(F)c1cc2c(cc1C(C)(C)CC(=O)O)OCO2. The Morgan fingerprint density at radius 2 is 1.70 bits per heavy atom. The topological polar surface area (TPSA) is 55.8 Å². The van der Waals surface area contributed by atoms with Gasteiger partial charge in [0.2, 0.25) is 6.79 Å². The van der Waals surface area contributed by atoms with E-state index in [1.807, 2.05) is 0 Å². The number of hydrogen-bond donors (Lipinski definition) is 1. The van der Waals surface area contributed by atoms with E-state index in [1.54, 1.807) is 13.8 Å². The summed E-state index contributed by atoms with van der Waals surface area (Å²) in [5.41, 5.74) is -0.911. The molecule has 1 aliphatic heterocycles. The Morgan fingerprint density at radius 1 is 1.20 bits per heavy atom. The molecule has 6 heteroatoms. The Bertz CT molecular complexity index is 547. The maximum Gasteiger partial charge on any atom is 0.304 e. The molecule has 0 spiro atoms. The van der Waals surface area contributed by atoms with Crippen molar-refractivity contribution >= 4 is 5.97 Å². The van der Waals surface area contributed by atoms with Crippen molar-refractivity contribution in [2.75, 3.05) is 6.79 Å². The average molecular weight is 286 g/mol. The summed E-state index contributed by atoms with van der Waals surface area (Å²) in [4.78, 5) is 10.9. The number of benzene rings is 1. The minimum Gasteiger partial charge on any atom is -0.481 e. The Hall–Kier alpha value is -1.85. The van der Waals surface area contributed by atoms with E-state index in [4.69, 9.17) is 14.6 Å². The minimum absolute atomic E-state index is 0.0210. The van der Waals surface area contributed by atoms with Crippen molar-refractivity contribution in [3.05, 3.63) is 23.3 Å². The first-order valence-corrected chi connectivity index (χ1v) is 6.15. The highest BCUT2D eigenvalue weighted by molar-refractivity contribution is 5.69. The van der Waals surface area contributed by atoms with Crippen LogP contribution in [0, 0.1) is 0 Å². The van der Waals surface area contributed by atoms with Gasteiger partial charge in [0.15, 0.2) is 11.5 Å². The fraction of sp³-hybridized carbons (Fsp3) is 0.500. The largest absolute Gasteiger partial charge is 0.481 e. The lowest BCUT2D eigenvalue weighted by atomic mass is 9.77. The number of carbonyl (C=O) groups is 1. The Kier molecular flexibility index (Phi) is 3.36. The number of fused-ring (bicyclic) bond motifs is 1. The van der Waals surface area contributed by atoms with E-state index in [9.17, 15) is 13.6 Å². The number of alkyl halides is 2. The lowest BCUT2D eigenvalue weighted by Gasteiger charge is -2.28. The van der Waals surface area contributed by atoms with Crippen molar-refractivity contribution in [3.63, 3.8) is 0 Å². The first kappa shape index (κ1) is 14.6. The molecule has 4 nitrogen and oxygen atoms in total. The summed E-state index contributed by atoms with van der Waals surface area (Å²) in [6.45, 7) is 4.00. The minimum atomic E-state index is -3.09. The number of rotatable bonds is 4. The zero-order valence-electron chi connectivity index (χ0n) is 11.5. The number of hydrogen-bond acceptors (Lipinski definition) is 3. The molecule has 0 atom stereocenters. The second-order valence-electron chi connectivity index (χ2n) is 5.59. The zero-order chi connectivity index (χ0) is 15.1. The smallest absolute Gasteiger partial charge is 0.304 e. The van der Waals surface area contributed by atoms with Crippen molar-refractivity contribution in [1.82, 2.24) is 0 Å². The van der Waals surface area contributed by atoms with Crippen molar-refractivity contribution in [3.8, 4) is 11.5 Å². The van der Waals surface area contributed by atoms with E-state index >= 15 is 0 Å². The van der Waals surface area contributed by atoms with Gasteiger partial charge >= 0.3 is 5.97 Å². The van der Waals surface area contributed by atoms with Gasteiger partial charge in [-0.3, -0.25) is 4.79 Å². The second kappa shape index (κ2) is 4.61. The maximum atomic E-state index is 13.8. The van der Waals surface area contributed by atoms with E-state index in [2.05, 4.69) is 0 Å². The molecule has 1 heterocycles. The van der Waals surface area contributed by atoms with Crippen LogP contribution < -0.4 is 9.47 Å². The van der Waals surface area contributed by atoms with Crippen LogP contribution in [0.3, 0.4) is 0 Å². The summed E-state index contributed by atoms with van der Waals surface area (Å²) >= 11 is 0. The molecule has 0 saturated carbocycles. The highest BCUT2D eigenvalue weighted by Crippen LogP contribution is 2.45. The van der Waals surface area contributed by atoms with Crippen molar-refractivity contribution in [1.29, 1.82) is 0 Å². The number of aliphatic carboxylic acids is 1. The predicted molar refractivity (Wildman–Crippen MR) is 67.4 cm³/mol. The average Bonchev–Trinajstić information content (AvgIpc) is 2.71. The number of carboxylic acids is 1. The molecule has 0 aliphatic carbocycles. The Balaban J connectivity index is 2.58. The monoisotopic (exact) mass is 286 g/mol. The fourth-order valence-corrected chi connectivity index (χ4v) is 2.34. The number of halogens is 2. The Labute approximate surface area is 115 Å². The lowest BCUT2D eigenvalue weighted by Crippen LogP contribution is -2.26. The van der Waals surface area contributed by atoms with Crippen LogP contribution in [0.2, 0.25) is 0 Å². The third-order valence-electron chi connectivity index (χ3n) is 3.31. The van der Waals surface area contributed by atoms with Gasteiger partial charge in [-0.15, -0.1) is 0 Å². The zero-order valence-corrected chi connectivity index (χ0v) is 11.5. The third-order valence-corrected chi connectivity index (χ3v) is 3.31. The van der Waals surface area contributed by atoms with Crippen molar-refractivity contribution < 1.29 is 28.2 Å². The van der Waals surface area contributed by atoms with Crippen LogP contribution in [0.1, 0.15) is 38.3 Å². The third kappa shape index (κ3) is 2.69. The molecule has 110 valence electrons. The van der Waals surface area contributed by atoms with E-state index < -0.39 is 17.3 Å². The summed E-state index contributed by atoms with van der Waals surface area (Å²) in [7, 11) is 0. The molecule has 1 N–H and O–H groups in total. The molecule has 0 amide bonds. The molecule has 0 aromatic heterocycles. The second-order valence-corrected chi connectivity index (χ2v) is 5.59. The molecular formula is C14H16F2O4. The van der Waals surface area contributed by atoms with Gasteiger partial charge in [0, 0.05) is 17.9 Å². The molecule has 0 bridgehead atoms. The van der Waals surface area contributed by atoms with Gasteiger partial charge in [-0.1, -0.05) is 13.8 Å². The highest BCUT2D eigenvalue weighted by atomic mass is 19.3. The molecule has 1 aliphatic rings. The summed E-state index contributed by atoms with van der Waals surface area (Å²) in [6.07, 6.45) is -0.254. The summed E-state index contributed by atoms with van der Waals surface area (Å²) in [6, 6.07) is 2.69. The molecule has 20 heavy (non-hydrogen) atoms. The molecule has 1 aromatic rings. The van der Waals surface area contributed by atoms with Gasteiger partial charge in [0.25, 0.3) is 5.92 Å². The van der Waals surface area contributed by atoms with Crippen LogP contribution in [0.5, 0.6) is 11.5 Å². The van der Waals surface area contributed by atoms with Gasteiger partial charge < -0.3 is 14.6 Å². The van der Waals surface area contributed by atoms with Gasteiger partial charge in [-0.25, -0.2) is 8.78 Å². The molecule has 0 saturated heterocycles. The molecule has 0 radical (unpaired) electrons. The first-order valence-electron chi connectivity index (χ1n) is 6.15. The van der Waals surface area contributed by atoms with Crippen LogP contribution in [0.4, 0.5) is 8.78 Å². The summed E-state index contributed by atoms with van der Waals surface area (Å²) in [5, 5.41) is 8.95. The first-order chi connectivity index (χ1) is 9.11. The van der Waals surface area contributed by atoms with E-state index in [0.717, 1.165) is 6.92 Å². The maximum absolute atomic E-state index is 13.8. The molecule has 0 fully saturated rings. The van der Waals surface area contributed by atoms with Crippen LogP contribution in [-0.2, 0) is 16.1 Å². The van der Waals surface area contributed by atoms with E-state index in [-0.39, 0.29) is 30.1 Å². The number of carboxylic acid groups (broad SMARTS) is 1. The summed E-state index contributed by atoms with van der Waals surface area (Å²) in [5.74, 6) is -3.51. The van der Waals surface area contributed by atoms with Crippen LogP contribution in [0.15, 0.2) is 12.1 Å². The quantitative estimate of drug-likeness (QED) is 0.922. The van der Waals surface area contributed by atoms with Crippen LogP contribution >= 0.6 is 0 Å². The fourth-order valence-electron chi connectivity index (χ4n) is 2.34. The molecule has 1 aromatic carbocycles. The van der Waals surface area contributed by atoms with Crippen molar-refractivity contribution in [2.24, 2.45) is 0 Å². The standard InChI is InChI=1S/C14H16F2O4/c1-13(2,6-12(17)18)8-4-10-11(20-7-19-10)5-9(8)14(3,15)16/h4-5H,6-7H2,1-3H3,(H,17,18). The van der Waals surface area contributed by atoms with Crippen LogP contribution in [0.25, 0.3) is 0 Å². The highest BCUT2D eigenvalue weighted by Gasteiger charge is 2.37. The Morgan fingerprint density at radius 3 is 2.15 bits per heavy atom. The van der Waals surface area contributed by atoms with Crippen molar-refractivity contribution in [2.45, 2.75) is 38.5 Å². The predicted octanol–water partition coefficient (Wildman–Crippen LogP) is 3.28. The van der Waals surface area contributed by atoms with Gasteiger partial charge in [0.1, 0.15) is 0 Å². The molecule has 2 rings (SSSR count). The normalized spacial score (nSPS) is 14.4. The van der Waals surface area contributed by atoms with Gasteiger partial charge in [-0.05, 0) is 17.7 Å². The van der Waals surface area contributed by atoms with Gasteiger partial charge in [0.05, 0.1) is 6.42 Å². The number of ether oxygens (including phenoxy) is 2. The van der Waals surface area contributed by atoms with E-state index in [0.29, 0.717) is 5.75 Å².